The van der Waals surface area contributed by atoms with Crippen molar-refractivity contribution in [3.8, 4) is 6.07 Å². The quantitative estimate of drug-likeness (QED) is 0.837. The summed E-state index contributed by atoms with van der Waals surface area (Å²) in [6.07, 6.45) is 3.93. The number of likely N-dealkylation sites (tertiary alicyclic amines) is 1. The number of benzene rings is 1. The van der Waals surface area contributed by atoms with Crippen molar-refractivity contribution in [3.05, 3.63) is 29.3 Å². The summed E-state index contributed by atoms with van der Waals surface area (Å²) in [7, 11) is 0. The van der Waals surface area contributed by atoms with E-state index in [-0.39, 0.29) is 5.91 Å². The van der Waals surface area contributed by atoms with Crippen molar-refractivity contribution in [3.63, 3.8) is 0 Å². The number of carbonyl (C=O) groups is 1. The molecular formula is C19H27N3O. The van der Waals surface area contributed by atoms with E-state index >= 15 is 0 Å². The lowest BCUT2D eigenvalue weighted by atomic mass is 10.0. The van der Waals surface area contributed by atoms with Crippen LogP contribution in [0, 0.1) is 25.2 Å². The summed E-state index contributed by atoms with van der Waals surface area (Å²) in [5, 5.41) is 8.92. The number of hydrogen-bond donors (Lipinski definition) is 0. The highest BCUT2D eigenvalue weighted by Crippen LogP contribution is 2.21. The van der Waals surface area contributed by atoms with Crippen molar-refractivity contribution in [2.45, 2.75) is 52.5 Å². The molecule has 4 nitrogen and oxygen atoms in total. The highest BCUT2D eigenvalue weighted by atomic mass is 16.2. The van der Waals surface area contributed by atoms with Gasteiger partial charge in [-0.3, -0.25) is 9.69 Å². The van der Waals surface area contributed by atoms with Gasteiger partial charge in [0.2, 0.25) is 5.91 Å². The number of nitriles is 1. The number of piperidine rings is 1. The Morgan fingerprint density at radius 2 is 2.00 bits per heavy atom. The topological polar surface area (TPSA) is 47.3 Å². The lowest BCUT2D eigenvalue weighted by molar-refractivity contribution is -0.120. The summed E-state index contributed by atoms with van der Waals surface area (Å²) < 4.78 is 0. The van der Waals surface area contributed by atoms with Gasteiger partial charge in [0.1, 0.15) is 0 Å². The molecule has 23 heavy (non-hydrogen) atoms. The van der Waals surface area contributed by atoms with E-state index in [9.17, 15) is 4.79 Å². The minimum atomic E-state index is 0.0963. The van der Waals surface area contributed by atoms with Gasteiger partial charge in [0.25, 0.3) is 0 Å². The summed E-state index contributed by atoms with van der Waals surface area (Å²) in [5.41, 5.74) is 3.19. The molecule has 1 aliphatic heterocycles. The third-order valence-electron chi connectivity index (χ3n) is 4.55. The molecule has 0 saturated carbocycles. The molecule has 1 atom stereocenters. The molecule has 0 bridgehead atoms. The lowest BCUT2D eigenvalue weighted by Gasteiger charge is -2.34. The molecule has 0 aliphatic carbocycles. The molecule has 1 aliphatic rings. The zero-order chi connectivity index (χ0) is 16.8. The van der Waals surface area contributed by atoms with Crippen molar-refractivity contribution in [1.82, 2.24) is 4.90 Å². The molecule has 1 aromatic rings. The second-order valence-electron chi connectivity index (χ2n) is 6.61. The number of aryl methyl sites for hydroxylation is 2. The number of hydrogen-bond acceptors (Lipinski definition) is 3. The molecule has 1 saturated heterocycles. The normalized spacial score (nSPS) is 18.4. The summed E-state index contributed by atoms with van der Waals surface area (Å²) >= 11 is 0. The summed E-state index contributed by atoms with van der Waals surface area (Å²) in [6.45, 7) is 8.17. The van der Waals surface area contributed by atoms with Crippen molar-refractivity contribution >= 4 is 11.6 Å². The van der Waals surface area contributed by atoms with Gasteiger partial charge in [-0.1, -0.05) is 12.5 Å². The van der Waals surface area contributed by atoms with Gasteiger partial charge in [-0.15, -0.1) is 0 Å². The summed E-state index contributed by atoms with van der Waals surface area (Å²) in [4.78, 5) is 16.9. The van der Waals surface area contributed by atoms with Crippen molar-refractivity contribution in [2.24, 2.45) is 0 Å². The third-order valence-corrected chi connectivity index (χ3v) is 4.55. The predicted octanol–water partition coefficient (Wildman–Crippen LogP) is 3.42. The van der Waals surface area contributed by atoms with Crippen LogP contribution >= 0.6 is 0 Å². The Labute approximate surface area is 139 Å². The standard InChI is InChI=1S/C19H27N3O/c1-15-11-16(2)13-18(12-15)22(10-6-8-20)19(23)14-21-9-5-4-7-17(21)3/h11-13,17H,4-7,9-10,14H2,1-3H3. The highest BCUT2D eigenvalue weighted by molar-refractivity contribution is 5.95. The molecule has 0 aromatic heterocycles. The molecular weight excluding hydrogens is 286 g/mol. The second-order valence-corrected chi connectivity index (χ2v) is 6.61. The largest absolute Gasteiger partial charge is 0.310 e. The summed E-state index contributed by atoms with van der Waals surface area (Å²) in [5.74, 6) is 0.0963. The van der Waals surface area contributed by atoms with E-state index < -0.39 is 0 Å². The Morgan fingerprint density at radius 1 is 1.30 bits per heavy atom. The fourth-order valence-corrected chi connectivity index (χ4v) is 3.32. The molecule has 1 unspecified atom stereocenters. The van der Waals surface area contributed by atoms with Crippen LogP contribution in [0.1, 0.15) is 43.7 Å². The molecule has 1 amide bonds. The predicted molar refractivity (Wildman–Crippen MR) is 93.4 cm³/mol. The highest BCUT2D eigenvalue weighted by Gasteiger charge is 2.24. The Kier molecular flexibility index (Phi) is 6.18. The maximum Gasteiger partial charge on any atom is 0.241 e. The molecule has 1 fully saturated rings. The van der Waals surface area contributed by atoms with E-state index in [4.69, 9.17) is 5.26 Å². The molecule has 4 heteroatoms. The van der Waals surface area contributed by atoms with Crippen LogP contribution in [0.25, 0.3) is 0 Å². The average Bonchev–Trinajstić information content (AvgIpc) is 2.49. The lowest BCUT2D eigenvalue weighted by Crippen LogP contribution is -2.46. The molecule has 0 spiro atoms. The van der Waals surface area contributed by atoms with Gasteiger partial charge in [-0.05, 0) is 63.4 Å². The van der Waals surface area contributed by atoms with Gasteiger partial charge in [0, 0.05) is 18.3 Å². The molecule has 1 aromatic carbocycles. The smallest absolute Gasteiger partial charge is 0.241 e. The molecule has 2 rings (SSSR count). The van der Waals surface area contributed by atoms with E-state index in [1.54, 1.807) is 4.90 Å². The first kappa shape index (κ1) is 17.5. The van der Waals surface area contributed by atoms with Gasteiger partial charge in [0.05, 0.1) is 19.0 Å². The number of amides is 1. The van der Waals surface area contributed by atoms with Crippen LogP contribution in [0.2, 0.25) is 0 Å². The zero-order valence-corrected chi connectivity index (χ0v) is 14.5. The molecule has 0 radical (unpaired) electrons. The second kappa shape index (κ2) is 8.12. The van der Waals surface area contributed by atoms with Crippen LogP contribution in [-0.2, 0) is 4.79 Å². The van der Waals surface area contributed by atoms with E-state index in [2.05, 4.69) is 24.0 Å². The van der Waals surface area contributed by atoms with Crippen LogP contribution in [0.15, 0.2) is 18.2 Å². The number of rotatable bonds is 5. The molecule has 0 N–H and O–H groups in total. The average molecular weight is 313 g/mol. The van der Waals surface area contributed by atoms with Crippen molar-refractivity contribution in [2.75, 3.05) is 24.5 Å². The summed E-state index contributed by atoms with van der Waals surface area (Å²) in [6, 6.07) is 8.78. The van der Waals surface area contributed by atoms with E-state index in [0.717, 1.165) is 29.8 Å². The maximum atomic E-state index is 12.9. The van der Waals surface area contributed by atoms with Gasteiger partial charge < -0.3 is 4.90 Å². The van der Waals surface area contributed by atoms with Gasteiger partial charge in [0.15, 0.2) is 0 Å². The zero-order valence-electron chi connectivity index (χ0n) is 14.5. The van der Waals surface area contributed by atoms with Gasteiger partial charge in [-0.25, -0.2) is 0 Å². The van der Waals surface area contributed by atoms with Crippen LogP contribution < -0.4 is 4.90 Å². The van der Waals surface area contributed by atoms with Crippen LogP contribution in [0.5, 0.6) is 0 Å². The Balaban J connectivity index is 2.16. The minimum Gasteiger partial charge on any atom is -0.310 e. The first-order valence-electron chi connectivity index (χ1n) is 8.51. The van der Waals surface area contributed by atoms with Gasteiger partial charge in [-0.2, -0.15) is 5.26 Å². The van der Waals surface area contributed by atoms with Crippen LogP contribution in [0.3, 0.4) is 0 Å². The first-order valence-corrected chi connectivity index (χ1v) is 8.51. The van der Waals surface area contributed by atoms with E-state index in [1.165, 1.54) is 12.8 Å². The third kappa shape index (κ3) is 4.80. The molecule has 1 heterocycles. The van der Waals surface area contributed by atoms with Crippen LogP contribution in [-0.4, -0.2) is 36.5 Å². The Hall–Kier alpha value is -1.86. The maximum absolute atomic E-state index is 12.9. The minimum absolute atomic E-state index is 0.0963. The van der Waals surface area contributed by atoms with E-state index in [0.29, 0.717) is 25.6 Å². The SMILES string of the molecule is Cc1cc(C)cc(N(CCC#N)C(=O)CN2CCCCC2C)c1. The number of nitrogens with zero attached hydrogens (tertiary/aromatic N) is 3. The Bertz CT molecular complexity index is 571. The van der Waals surface area contributed by atoms with Crippen LogP contribution in [0.4, 0.5) is 5.69 Å². The fraction of sp³-hybridized carbons (Fsp3) is 0.579. The fourth-order valence-electron chi connectivity index (χ4n) is 3.32. The molecule has 124 valence electrons. The van der Waals surface area contributed by atoms with Gasteiger partial charge >= 0.3 is 0 Å². The Morgan fingerprint density at radius 3 is 2.61 bits per heavy atom. The number of anilines is 1. The van der Waals surface area contributed by atoms with E-state index in [1.807, 2.05) is 26.0 Å². The number of carbonyl (C=O) groups excluding carboxylic acids is 1. The monoisotopic (exact) mass is 313 g/mol. The first-order chi connectivity index (χ1) is 11.0. The van der Waals surface area contributed by atoms with Crippen molar-refractivity contribution < 1.29 is 4.79 Å². The van der Waals surface area contributed by atoms with Crippen molar-refractivity contribution in [1.29, 1.82) is 5.26 Å².